The fraction of sp³-hybridized carbons (Fsp3) is 0.500. The van der Waals surface area contributed by atoms with Crippen LogP contribution < -0.4 is 5.73 Å². The van der Waals surface area contributed by atoms with Gasteiger partial charge in [-0.1, -0.05) is 0 Å². The molecular weight excluding hydrogens is 268 g/mol. The van der Waals surface area contributed by atoms with Gasteiger partial charge in [0.05, 0.1) is 17.1 Å². The zero-order valence-corrected chi connectivity index (χ0v) is 11.7. The van der Waals surface area contributed by atoms with E-state index in [-0.39, 0.29) is 18.0 Å². The number of β-amino-alcohol motifs (C(OH)–C–C–N with tert-alkyl or cyclic N) is 2. The van der Waals surface area contributed by atoms with Gasteiger partial charge >= 0.3 is 0 Å². The van der Waals surface area contributed by atoms with Crippen LogP contribution in [0, 0.1) is 13.8 Å². The highest BCUT2D eigenvalue weighted by molar-refractivity contribution is 7.89. The van der Waals surface area contributed by atoms with Crippen LogP contribution in [0.1, 0.15) is 11.1 Å². The van der Waals surface area contributed by atoms with Crippen molar-refractivity contribution in [3.63, 3.8) is 0 Å². The number of aliphatic hydroxyl groups excluding tert-OH is 2. The minimum atomic E-state index is -3.72. The number of nitrogen functional groups attached to an aromatic ring is 1. The molecule has 6 nitrogen and oxygen atoms in total. The van der Waals surface area contributed by atoms with Gasteiger partial charge in [0, 0.05) is 18.8 Å². The molecule has 0 amide bonds. The highest BCUT2D eigenvalue weighted by Crippen LogP contribution is 2.28. The number of benzene rings is 1. The Morgan fingerprint density at radius 3 is 2.00 bits per heavy atom. The van der Waals surface area contributed by atoms with Gasteiger partial charge in [-0.15, -0.1) is 0 Å². The van der Waals surface area contributed by atoms with Gasteiger partial charge in [0.25, 0.3) is 0 Å². The first kappa shape index (κ1) is 14.3. The average molecular weight is 286 g/mol. The van der Waals surface area contributed by atoms with Crippen molar-refractivity contribution in [2.45, 2.75) is 31.0 Å². The predicted octanol–water partition coefficient (Wildman–Crippen LogP) is -0.388. The smallest absolute Gasteiger partial charge is 0.243 e. The second-order valence-corrected chi connectivity index (χ2v) is 6.82. The Morgan fingerprint density at radius 1 is 1.16 bits per heavy atom. The minimum absolute atomic E-state index is 0.0905. The summed E-state index contributed by atoms with van der Waals surface area (Å²) in [6.45, 7) is 3.18. The topological polar surface area (TPSA) is 104 Å². The molecule has 1 aliphatic heterocycles. The van der Waals surface area contributed by atoms with Crippen molar-refractivity contribution in [1.82, 2.24) is 4.31 Å². The number of anilines is 1. The Hall–Kier alpha value is -1.15. The summed E-state index contributed by atoms with van der Waals surface area (Å²) in [6.07, 6.45) is -2.08. The molecule has 0 aromatic heterocycles. The Bertz CT molecular complexity index is 567. The van der Waals surface area contributed by atoms with E-state index >= 15 is 0 Å². The molecule has 2 rings (SSSR count). The van der Waals surface area contributed by atoms with Crippen molar-refractivity contribution < 1.29 is 18.6 Å². The van der Waals surface area contributed by atoms with E-state index < -0.39 is 22.2 Å². The number of rotatable bonds is 2. The molecular formula is C12H18N2O4S. The second-order valence-electron chi connectivity index (χ2n) is 4.94. The van der Waals surface area contributed by atoms with Gasteiger partial charge in [-0.25, -0.2) is 8.42 Å². The predicted molar refractivity (Wildman–Crippen MR) is 71.1 cm³/mol. The summed E-state index contributed by atoms with van der Waals surface area (Å²) in [7, 11) is -3.72. The molecule has 0 bridgehead atoms. The Balaban J connectivity index is 2.47. The summed E-state index contributed by atoms with van der Waals surface area (Å²) >= 11 is 0. The lowest BCUT2D eigenvalue weighted by atomic mass is 10.1. The van der Waals surface area contributed by atoms with Crippen LogP contribution in [-0.2, 0) is 10.0 Å². The van der Waals surface area contributed by atoms with E-state index in [0.717, 1.165) is 4.31 Å². The van der Waals surface area contributed by atoms with Gasteiger partial charge < -0.3 is 15.9 Å². The van der Waals surface area contributed by atoms with E-state index in [2.05, 4.69) is 0 Å². The average Bonchev–Trinajstić information content (AvgIpc) is 2.57. The highest BCUT2D eigenvalue weighted by atomic mass is 32.2. The number of aryl methyl sites for hydroxylation is 2. The molecule has 1 fully saturated rings. The third kappa shape index (κ3) is 2.46. The SMILES string of the molecule is Cc1cc(N)cc(C)c1S(=O)(=O)N1CC(O)C(O)C1. The van der Waals surface area contributed by atoms with Crippen molar-refractivity contribution >= 4 is 15.7 Å². The molecule has 19 heavy (non-hydrogen) atoms. The molecule has 7 heteroatoms. The zero-order chi connectivity index (χ0) is 14.4. The lowest BCUT2D eigenvalue weighted by Gasteiger charge is -2.19. The zero-order valence-electron chi connectivity index (χ0n) is 10.9. The third-order valence-corrected chi connectivity index (χ3v) is 5.44. The fourth-order valence-electron chi connectivity index (χ4n) is 2.45. The van der Waals surface area contributed by atoms with Crippen LogP contribution in [0.5, 0.6) is 0 Å². The van der Waals surface area contributed by atoms with Crippen LogP contribution in [0.25, 0.3) is 0 Å². The molecule has 2 unspecified atom stereocenters. The van der Waals surface area contributed by atoms with E-state index in [9.17, 15) is 18.6 Å². The first-order valence-corrected chi connectivity index (χ1v) is 7.40. The lowest BCUT2D eigenvalue weighted by molar-refractivity contribution is 0.0572. The maximum Gasteiger partial charge on any atom is 0.243 e. The molecule has 0 aliphatic carbocycles. The second kappa shape index (κ2) is 4.75. The van der Waals surface area contributed by atoms with Gasteiger partial charge in [-0.2, -0.15) is 4.31 Å². The van der Waals surface area contributed by atoms with Crippen LogP contribution in [-0.4, -0.2) is 48.2 Å². The van der Waals surface area contributed by atoms with Gasteiger partial charge in [-0.05, 0) is 37.1 Å². The van der Waals surface area contributed by atoms with Gasteiger partial charge in [0.1, 0.15) is 0 Å². The van der Waals surface area contributed by atoms with Crippen molar-refractivity contribution in [3.05, 3.63) is 23.3 Å². The molecule has 0 saturated carbocycles. The summed E-state index contributed by atoms with van der Waals surface area (Å²) in [5, 5.41) is 19.0. The highest BCUT2D eigenvalue weighted by Gasteiger charge is 2.38. The van der Waals surface area contributed by atoms with E-state index in [0.29, 0.717) is 16.8 Å². The summed E-state index contributed by atoms with van der Waals surface area (Å²) in [4.78, 5) is 0.197. The summed E-state index contributed by atoms with van der Waals surface area (Å²) in [5.74, 6) is 0. The molecule has 2 atom stereocenters. The molecule has 1 saturated heterocycles. The number of aliphatic hydroxyl groups is 2. The normalized spacial score (nSPS) is 24.8. The van der Waals surface area contributed by atoms with Crippen LogP contribution in [0.3, 0.4) is 0 Å². The Morgan fingerprint density at radius 2 is 1.58 bits per heavy atom. The van der Waals surface area contributed by atoms with E-state index in [1.165, 1.54) is 0 Å². The molecule has 1 aliphatic rings. The van der Waals surface area contributed by atoms with E-state index in [1.54, 1.807) is 26.0 Å². The maximum atomic E-state index is 12.5. The summed E-state index contributed by atoms with van der Waals surface area (Å²) < 4.78 is 26.2. The van der Waals surface area contributed by atoms with Gasteiger partial charge in [0.2, 0.25) is 10.0 Å². The first-order valence-electron chi connectivity index (χ1n) is 5.96. The van der Waals surface area contributed by atoms with Crippen molar-refractivity contribution in [2.24, 2.45) is 0 Å². The molecule has 0 radical (unpaired) electrons. The quantitative estimate of drug-likeness (QED) is 0.642. The molecule has 0 spiro atoms. The Kier molecular flexibility index (Phi) is 3.57. The number of nitrogens with zero attached hydrogens (tertiary/aromatic N) is 1. The lowest BCUT2D eigenvalue weighted by Crippen LogP contribution is -2.31. The van der Waals surface area contributed by atoms with Crippen LogP contribution in [0.15, 0.2) is 17.0 Å². The van der Waals surface area contributed by atoms with Crippen LogP contribution >= 0.6 is 0 Å². The van der Waals surface area contributed by atoms with Crippen LogP contribution in [0.4, 0.5) is 5.69 Å². The summed E-state index contributed by atoms with van der Waals surface area (Å²) in [6, 6.07) is 3.20. The molecule has 106 valence electrons. The summed E-state index contributed by atoms with van der Waals surface area (Å²) in [5.41, 5.74) is 7.32. The number of hydrogen-bond donors (Lipinski definition) is 3. The largest absolute Gasteiger partial charge is 0.399 e. The molecule has 1 aromatic carbocycles. The molecule has 1 heterocycles. The number of sulfonamides is 1. The number of hydrogen-bond acceptors (Lipinski definition) is 5. The minimum Gasteiger partial charge on any atom is -0.399 e. The van der Waals surface area contributed by atoms with Gasteiger partial charge in [-0.3, -0.25) is 0 Å². The van der Waals surface area contributed by atoms with Crippen molar-refractivity contribution in [1.29, 1.82) is 0 Å². The standard InChI is InChI=1S/C12H18N2O4S/c1-7-3-9(13)4-8(2)12(7)19(17,18)14-5-10(15)11(16)6-14/h3-4,10-11,15-16H,5-6,13H2,1-2H3. The van der Waals surface area contributed by atoms with Crippen LogP contribution in [0.2, 0.25) is 0 Å². The maximum absolute atomic E-state index is 12.5. The Labute approximate surface area is 112 Å². The first-order chi connectivity index (χ1) is 8.73. The number of nitrogens with two attached hydrogens (primary N) is 1. The van der Waals surface area contributed by atoms with E-state index in [4.69, 9.17) is 5.73 Å². The van der Waals surface area contributed by atoms with Crippen molar-refractivity contribution in [3.8, 4) is 0 Å². The van der Waals surface area contributed by atoms with E-state index in [1.807, 2.05) is 0 Å². The fourth-order valence-corrected chi connectivity index (χ4v) is 4.34. The van der Waals surface area contributed by atoms with Gasteiger partial charge in [0.15, 0.2) is 0 Å². The molecule has 4 N–H and O–H groups in total. The third-order valence-electron chi connectivity index (χ3n) is 3.31. The monoisotopic (exact) mass is 286 g/mol. The van der Waals surface area contributed by atoms with Crippen molar-refractivity contribution in [2.75, 3.05) is 18.8 Å². The molecule has 1 aromatic rings.